The molecule has 2 N–H and O–H groups in total. The summed E-state index contributed by atoms with van der Waals surface area (Å²) in [6, 6.07) is 5.81. The van der Waals surface area contributed by atoms with E-state index in [0.29, 0.717) is 6.42 Å². The first-order chi connectivity index (χ1) is 6.70. The summed E-state index contributed by atoms with van der Waals surface area (Å²) in [5, 5.41) is 12.3. The number of carboxylic acids is 1. The van der Waals surface area contributed by atoms with Crippen LogP contribution in [0.3, 0.4) is 0 Å². The third-order valence-electron chi connectivity index (χ3n) is 2.71. The van der Waals surface area contributed by atoms with Crippen molar-refractivity contribution in [3.05, 3.63) is 29.3 Å². The van der Waals surface area contributed by atoms with Gasteiger partial charge in [0, 0.05) is 12.2 Å². The Hall–Kier alpha value is -1.51. The summed E-state index contributed by atoms with van der Waals surface area (Å²) in [7, 11) is 0. The van der Waals surface area contributed by atoms with Gasteiger partial charge in [-0.25, -0.2) is 0 Å². The number of aliphatic carboxylic acids is 1. The fraction of sp³-hybridized carbons (Fsp3) is 0.364. The van der Waals surface area contributed by atoms with Gasteiger partial charge in [0.2, 0.25) is 0 Å². The number of carboxylic acid groups (broad SMARTS) is 1. The van der Waals surface area contributed by atoms with Gasteiger partial charge in [-0.15, -0.1) is 0 Å². The fourth-order valence-electron chi connectivity index (χ4n) is 1.98. The van der Waals surface area contributed by atoms with Crippen LogP contribution in [0.2, 0.25) is 0 Å². The van der Waals surface area contributed by atoms with E-state index in [-0.39, 0.29) is 5.92 Å². The van der Waals surface area contributed by atoms with Crippen molar-refractivity contribution in [2.45, 2.75) is 19.3 Å². The van der Waals surface area contributed by atoms with Crippen molar-refractivity contribution in [1.29, 1.82) is 0 Å². The number of benzene rings is 1. The van der Waals surface area contributed by atoms with Crippen LogP contribution in [0.4, 0.5) is 5.69 Å². The smallest absolute Gasteiger partial charge is 0.311 e. The number of para-hydroxylation sites is 1. The minimum absolute atomic E-state index is 0.342. The first kappa shape index (κ1) is 9.06. The van der Waals surface area contributed by atoms with Crippen LogP contribution in [0.1, 0.15) is 23.5 Å². The number of rotatable bonds is 1. The summed E-state index contributed by atoms with van der Waals surface area (Å²) in [6.45, 7) is 2.74. The van der Waals surface area contributed by atoms with Gasteiger partial charge in [-0.05, 0) is 24.5 Å². The van der Waals surface area contributed by atoms with E-state index in [2.05, 4.69) is 5.32 Å². The molecule has 0 radical (unpaired) electrons. The fourth-order valence-corrected chi connectivity index (χ4v) is 1.98. The minimum Gasteiger partial charge on any atom is -0.481 e. The minimum atomic E-state index is -0.724. The van der Waals surface area contributed by atoms with Crippen LogP contribution in [0, 0.1) is 6.92 Å². The number of aryl methyl sites for hydroxylation is 1. The van der Waals surface area contributed by atoms with Gasteiger partial charge in [-0.2, -0.15) is 0 Å². The molecule has 0 saturated carbocycles. The molecule has 1 aliphatic rings. The number of anilines is 1. The molecule has 14 heavy (non-hydrogen) atoms. The number of carbonyl (C=O) groups is 1. The van der Waals surface area contributed by atoms with Crippen molar-refractivity contribution in [3.8, 4) is 0 Å². The van der Waals surface area contributed by atoms with Gasteiger partial charge in [0.15, 0.2) is 0 Å². The highest BCUT2D eigenvalue weighted by Gasteiger charge is 2.26. The summed E-state index contributed by atoms with van der Waals surface area (Å²) >= 11 is 0. The Bertz CT molecular complexity index is 374. The summed E-state index contributed by atoms with van der Waals surface area (Å²) in [5.41, 5.74) is 3.04. The lowest BCUT2D eigenvalue weighted by molar-refractivity contribution is -0.138. The first-order valence-electron chi connectivity index (χ1n) is 4.76. The van der Waals surface area contributed by atoms with E-state index in [4.69, 9.17) is 5.11 Å². The highest BCUT2D eigenvalue weighted by molar-refractivity contribution is 5.80. The van der Waals surface area contributed by atoms with Crippen LogP contribution >= 0.6 is 0 Å². The molecule has 3 nitrogen and oxygen atoms in total. The molecule has 1 heterocycles. The second kappa shape index (κ2) is 3.33. The van der Waals surface area contributed by atoms with Crippen molar-refractivity contribution < 1.29 is 9.90 Å². The van der Waals surface area contributed by atoms with Gasteiger partial charge >= 0.3 is 5.97 Å². The number of fused-ring (bicyclic) bond motifs is 1. The van der Waals surface area contributed by atoms with E-state index in [0.717, 1.165) is 23.4 Å². The molecule has 74 valence electrons. The summed E-state index contributed by atoms with van der Waals surface area (Å²) in [5.74, 6) is -1.07. The van der Waals surface area contributed by atoms with E-state index in [9.17, 15) is 4.79 Å². The molecule has 0 aliphatic carbocycles. The van der Waals surface area contributed by atoms with Crippen LogP contribution in [0.25, 0.3) is 0 Å². The van der Waals surface area contributed by atoms with Crippen LogP contribution in [0.15, 0.2) is 18.2 Å². The maximum absolute atomic E-state index is 11.0. The van der Waals surface area contributed by atoms with Gasteiger partial charge in [-0.3, -0.25) is 4.79 Å². The summed E-state index contributed by atoms with van der Waals surface area (Å²) in [6.07, 6.45) is 0.672. The van der Waals surface area contributed by atoms with Gasteiger partial charge < -0.3 is 10.4 Å². The first-order valence-corrected chi connectivity index (χ1v) is 4.76. The number of nitrogens with one attached hydrogen (secondary N) is 1. The molecule has 2 rings (SSSR count). The molecule has 0 spiro atoms. The molecule has 1 aromatic carbocycles. The Labute approximate surface area is 82.8 Å². The summed E-state index contributed by atoms with van der Waals surface area (Å²) in [4.78, 5) is 11.0. The second-order valence-corrected chi connectivity index (χ2v) is 3.65. The van der Waals surface area contributed by atoms with Crippen LogP contribution in [-0.2, 0) is 4.79 Å². The molecule has 0 fully saturated rings. The molecule has 0 saturated heterocycles. The van der Waals surface area contributed by atoms with Crippen molar-refractivity contribution >= 4 is 11.7 Å². The largest absolute Gasteiger partial charge is 0.481 e. The molecular formula is C11H13NO2. The van der Waals surface area contributed by atoms with Crippen LogP contribution < -0.4 is 5.32 Å². The Morgan fingerprint density at radius 1 is 1.57 bits per heavy atom. The maximum Gasteiger partial charge on any atom is 0.311 e. The van der Waals surface area contributed by atoms with Crippen molar-refractivity contribution in [1.82, 2.24) is 0 Å². The van der Waals surface area contributed by atoms with Crippen LogP contribution in [0.5, 0.6) is 0 Å². The third kappa shape index (κ3) is 1.35. The Morgan fingerprint density at radius 2 is 2.36 bits per heavy atom. The third-order valence-corrected chi connectivity index (χ3v) is 2.71. The number of hydrogen-bond donors (Lipinski definition) is 2. The predicted octanol–water partition coefficient (Wildman–Crippen LogP) is 1.98. The zero-order valence-corrected chi connectivity index (χ0v) is 8.08. The molecular weight excluding hydrogens is 178 g/mol. The average Bonchev–Trinajstić information content (AvgIpc) is 2.17. The molecule has 0 aromatic heterocycles. The SMILES string of the molecule is Cc1cccc2c1NCCC2C(=O)O. The maximum atomic E-state index is 11.0. The van der Waals surface area contributed by atoms with Crippen molar-refractivity contribution in [2.75, 3.05) is 11.9 Å². The molecule has 1 aromatic rings. The van der Waals surface area contributed by atoms with E-state index in [1.54, 1.807) is 0 Å². The van der Waals surface area contributed by atoms with E-state index in [1.165, 1.54) is 0 Å². The molecule has 1 aliphatic heterocycles. The Morgan fingerprint density at radius 3 is 3.07 bits per heavy atom. The molecule has 1 atom stereocenters. The highest BCUT2D eigenvalue weighted by Crippen LogP contribution is 2.33. The Balaban J connectivity index is 2.49. The van der Waals surface area contributed by atoms with Gasteiger partial charge in [0.1, 0.15) is 0 Å². The van der Waals surface area contributed by atoms with Gasteiger partial charge in [0.25, 0.3) is 0 Å². The van der Waals surface area contributed by atoms with E-state index in [1.807, 2.05) is 25.1 Å². The topological polar surface area (TPSA) is 49.3 Å². The zero-order valence-electron chi connectivity index (χ0n) is 8.08. The lowest BCUT2D eigenvalue weighted by Gasteiger charge is -2.25. The Kier molecular flexibility index (Phi) is 2.15. The van der Waals surface area contributed by atoms with E-state index < -0.39 is 5.97 Å². The van der Waals surface area contributed by atoms with E-state index >= 15 is 0 Å². The summed E-state index contributed by atoms with van der Waals surface area (Å²) < 4.78 is 0. The highest BCUT2D eigenvalue weighted by atomic mass is 16.4. The predicted molar refractivity (Wildman–Crippen MR) is 54.7 cm³/mol. The zero-order chi connectivity index (χ0) is 10.1. The van der Waals surface area contributed by atoms with Gasteiger partial charge in [-0.1, -0.05) is 18.2 Å². The standard InChI is InChI=1S/C11H13NO2/c1-7-3-2-4-8-9(11(13)14)5-6-12-10(7)8/h2-4,9,12H,5-6H2,1H3,(H,13,14). The van der Waals surface area contributed by atoms with Crippen LogP contribution in [-0.4, -0.2) is 17.6 Å². The normalized spacial score (nSPS) is 19.6. The quantitative estimate of drug-likeness (QED) is 0.713. The molecule has 0 bridgehead atoms. The lowest BCUT2D eigenvalue weighted by atomic mass is 9.89. The van der Waals surface area contributed by atoms with Crippen molar-refractivity contribution in [3.63, 3.8) is 0 Å². The monoisotopic (exact) mass is 191 g/mol. The lowest BCUT2D eigenvalue weighted by Crippen LogP contribution is -2.23. The molecule has 0 amide bonds. The van der Waals surface area contributed by atoms with Crippen molar-refractivity contribution in [2.24, 2.45) is 0 Å². The number of hydrogen-bond acceptors (Lipinski definition) is 2. The molecule has 1 unspecified atom stereocenters. The second-order valence-electron chi connectivity index (χ2n) is 3.65. The average molecular weight is 191 g/mol. The molecule has 3 heteroatoms. The van der Waals surface area contributed by atoms with Gasteiger partial charge in [0.05, 0.1) is 5.92 Å².